The largest absolute Gasteiger partial charge is 0.382 e. The Balaban J connectivity index is 1.24. The molecule has 1 amide bonds. The summed E-state index contributed by atoms with van der Waals surface area (Å²) < 4.78 is 2.07. The molecule has 1 saturated heterocycles. The first kappa shape index (κ1) is 21.2. The number of amides is 1. The third-order valence-electron chi connectivity index (χ3n) is 7.40. The van der Waals surface area contributed by atoms with E-state index in [1.165, 1.54) is 18.5 Å². The minimum Gasteiger partial charge on any atom is -0.382 e. The van der Waals surface area contributed by atoms with Crippen LogP contribution in [0.2, 0.25) is 0 Å². The number of carbonyl (C=O) groups is 1. The summed E-state index contributed by atoms with van der Waals surface area (Å²) in [6, 6.07) is 3.93. The number of nitrogens with one attached hydrogen (secondary N) is 2. The van der Waals surface area contributed by atoms with Gasteiger partial charge in [-0.3, -0.25) is 14.5 Å². The zero-order chi connectivity index (χ0) is 23.5. The van der Waals surface area contributed by atoms with Crippen LogP contribution in [0.1, 0.15) is 55.7 Å². The number of nitrogens with zero attached hydrogens (tertiary/aromatic N) is 5. The summed E-state index contributed by atoms with van der Waals surface area (Å²) in [5, 5.41) is 11.2. The Bertz CT molecular complexity index is 1270. The second-order valence-electron chi connectivity index (χ2n) is 10.8. The lowest BCUT2D eigenvalue weighted by Crippen LogP contribution is -2.50. The van der Waals surface area contributed by atoms with E-state index in [1.54, 1.807) is 12.4 Å². The van der Waals surface area contributed by atoms with Gasteiger partial charge in [-0.25, -0.2) is 9.97 Å². The standard InChI is InChI=1S/C25H30N8O/c1-24(2)10-20-17(12-30-33(20)14-24)18-9-15(4-8-27-18)19-13-28-22(26)21(32-19)23(34)31-16-3-5-25(6-7-25)29-11-16/h4,8-9,12-13,16,29H,3,5-7,10-11,14H2,1-2H3,(H2,26,28)(H,31,34). The number of nitrogen functional groups attached to an aromatic ring is 1. The Morgan fingerprint density at radius 2 is 2.06 bits per heavy atom. The van der Waals surface area contributed by atoms with Gasteiger partial charge >= 0.3 is 0 Å². The van der Waals surface area contributed by atoms with Gasteiger partial charge in [0.15, 0.2) is 11.5 Å². The summed E-state index contributed by atoms with van der Waals surface area (Å²) in [5.41, 5.74) is 11.2. The van der Waals surface area contributed by atoms with Crippen molar-refractivity contribution in [3.8, 4) is 22.5 Å². The molecule has 2 aliphatic heterocycles. The topological polar surface area (TPSA) is 124 Å². The van der Waals surface area contributed by atoms with Crippen molar-refractivity contribution in [2.24, 2.45) is 5.41 Å². The van der Waals surface area contributed by atoms with Crippen LogP contribution in [0.5, 0.6) is 0 Å². The molecule has 1 aliphatic carbocycles. The Labute approximate surface area is 198 Å². The van der Waals surface area contributed by atoms with Gasteiger partial charge in [-0.2, -0.15) is 5.10 Å². The molecule has 176 valence electrons. The molecule has 1 saturated carbocycles. The van der Waals surface area contributed by atoms with Crippen molar-refractivity contribution >= 4 is 11.7 Å². The number of hydrogen-bond donors (Lipinski definition) is 3. The smallest absolute Gasteiger partial charge is 0.274 e. The molecular weight excluding hydrogens is 428 g/mol. The lowest BCUT2D eigenvalue weighted by Gasteiger charge is -2.30. The highest BCUT2D eigenvalue weighted by Gasteiger charge is 2.45. The zero-order valence-electron chi connectivity index (χ0n) is 19.6. The summed E-state index contributed by atoms with van der Waals surface area (Å²) in [6.45, 7) is 6.18. The number of pyridine rings is 1. The van der Waals surface area contributed by atoms with Gasteiger partial charge in [-0.15, -0.1) is 0 Å². The first-order valence-electron chi connectivity index (χ1n) is 12.0. The number of rotatable bonds is 4. The number of piperidine rings is 1. The SMILES string of the molecule is CC1(C)Cc2c(-c3cc(-c4cnc(N)c(C(=O)NC5CCC6(CC6)NC5)n4)ccn3)cnn2C1. The third kappa shape index (κ3) is 3.83. The van der Waals surface area contributed by atoms with Crippen molar-refractivity contribution in [3.05, 3.63) is 42.1 Å². The van der Waals surface area contributed by atoms with Gasteiger partial charge in [-0.05, 0) is 49.7 Å². The summed E-state index contributed by atoms with van der Waals surface area (Å²) >= 11 is 0. The molecule has 1 unspecified atom stereocenters. The molecule has 9 heteroatoms. The summed E-state index contributed by atoms with van der Waals surface area (Å²) in [6.07, 6.45) is 10.7. The van der Waals surface area contributed by atoms with Gasteiger partial charge in [-0.1, -0.05) is 13.8 Å². The zero-order valence-corrected chi connectivity index (χ0v) is 19.6. The molecule has 0 radical (unpaired) electrons. The van der Waals surface area contributed by atoms with E-state index in [-0.39, 0.29) is 28.9 Å². The van der Waals surface area contributed by atoms with Crippen molar-refractivity contribution in [1.29, 1.82) is 0 Å². The molecule has 3 aliphatic rings. The monoisotopic (exact) mass is 458 g/mol. The normalized spacial score (nSPS) is 21.9. The van der Waals surface area contributed by atoms with E-state index in [1.807, 2.05) is 18.3 Å². The maximum Gasteiger partial charge on any atom is 0.274 e. The van der Waals surface area contributed by atoms with Crippen LogP contribution >= 0.6 is 0 Å². The maximum absolute atomic E-state index is 13.0. The number of anilines is 1. The van der Waals surface area contributed by atoms with E-state index in [4.69, 9.17) is 5.73 Å². The van der Waals surface area contributed by atoms with Crippen LogP contribution in [0.4, 0.5) is 5.82 Å². The van der Waals surface area contributed by atoms with Crippen molar-refractivity contribution in [2.45, 2.75) is 64.1 Å². The Morgan fingerprint density at radius 3 is 2.82 bits per heavy atom. The van der Waals surface area contributed by atoms with E-state index in [0.717, 1.165) is 49.2 Å². The molecule has 0 aromatic carbocycles. The Morgan fingerprint density at radius 1 is 1.21 bits per heavy atom. The Hall–Kier alpha value is -3.33. The van der Waals surface area contributed by atoms with Gasteiger partial charge < -0.3 is 16.4 Å². The van der Waals surface area contributed by atoms with E-state index >= 15 is 0 Å². The van der Waals surface area contributed by atoms with Crippen molar-refractivity contribution in [1.82, 2.24) is 35.4 Å². The number of fused-ring (bicyclic) bond motifs is 1. The van der Waals surface area contributed by atoms with Crippen LogP contribution in [-0.4, -0.2) is 48.8 Å². The van der Waals surface area contributed by atoms with E-state index in [2.05, 4.69) is 49.2 Å². The van der Waals surface area contributed by atoms with E-state index in [9.17, 15) is 4.79 Å². The molecule has 0 bridgehead atoms. The first-order valence-corrected chi connectivity index (χ1v) is 12.0. The van der Waals surface area contributed by atoms with Crippen LogP contribution in [0.25, 0.3) is 22.5 Å². The summed E-state index contributed by atoms with van der Waals surface area (Å²) in [7, 11) is 0. The second-order valence-corrected chi connectivity index (χ2v) is 10.8. The fraction of sp³-hybridized carbons (Fsp3) is 0.480. The first-order chi connectivity index (χ1) is 16.3. The minimum atomic E-state index is -0.281. The summed E-state index contributed by atoms with van der Waals surface area (Å²) in [4.78, 5) is 26.5. The lowest BCUT2D eigenvalue weighted by atomic mass is 9.90. The fourth-order valence-corrected chi connectivity index (χ4v) is 5.24. The molecule has 2 fully saturated rings. The average Bonchev–Trinajstić information content (AvgIpc) is 3.36. The Kier molecular flexibility index (Phi) is 4.74. The average molecular weight is 459 g/mol. The molecule has 1 spiro atoms. The molecule has 3 aromatic rings. The molecule has 6 rings (SSSR count). The predicted molar refractivity (Wildman–Crippen MR) is 129 cm³/mol. The highest BCUT2D eigenvalue weighted by atomic mass is 16.2. The maximum atomic E-state index is 13.0. The highest BCUT2D eigenvalue weighted by Crippen LogP contribution is 2.42. The molecule has 1 atom stereocenters. The van der Waals surface area contributed by atoms with Crippen LogP contribution < -0.4 is 16.4 Å². The quantitative estimate of drug-likeness (QED) is 0.549. The van der Waals surface area contributed by atoms with E-state index in [0.29, 0.717) is 11.2 Å². The molecule has 34 heavy (non-hydrogen) atoms. The predicted octanol–water partition coefficient (Wildman–Crippen LogP) is 2.58. The molecule has 4 N–H and O–H groups in total. The molecule has 5 heterocycles. The van der Waals surface area contributed by atoms with Crippen LogP contribution in [0.15, 0.2) is 30.7 Å². The van der Waals surface area contributed by atoms with Gasteiger partial charge in [0.25, 0.3) is 5.91 Å². The number of carbonyl (C=O) groups excluding carboxylic acids is 1. The summed E-state index contributed by atoms with van der Waals surface area (Å²) in [5.74, 6) is -0.147. The van der Waals surface area contributed by atoms with Gasteiger partial charge in [0, 0.05) is 47.7 Å². The van der Waals surface area contributed by atoms with Crippen molar-refractivity contribution < 1.29 is 4.79 Å². The lowest BCUT2D eigenvalue weighted by molar-refractivity contribution is 0.0921. The second kappa shape index (κ2) is 7.59. The molecule has 9 nitrogen and oxygen atoms in total. The number of aromatic nitrogens is 5. The van der Waals surface area contributed by atoms with E-state index < -0.39 is 0 Å². The third-order valence-corrected chi connectivity index (χ3v) is 7.40. The van der Waals surface area contributed by atoms with Gasteiger partial charge in [0.1, 0.15) is 0 Å². The fourth-order valence-electron chi connectivity index (χ4n) is 5.24. The number of nitrogens with two attached hydrogens (primary N) is 1. The molecular formula is C25H30N8O. The van der Waals surface area contributed by atoms with Gasteiger partial charge in [0.2, 0.25) is 0 Å². The van der Waals surface area contributed by atoms with Crippen molar-refractivity contribution in [2.75, 3.05) is 12.3 Å². The number of hydrogen-bond acceptors (Lipinski definition) is 7. The highest BCUT2D eigenvalue weighted by molar-refractivity contribution is 5.97. The minimum absolute atomic E-state index is 0.0739. The van der Waals surface area contributed by atoms with Gasteiger partial charge in [0.05, 0.1) is 23.8 Å². The van der Waals surface area contributed by atoms with Crippen LogP contribution in [0.3, 0.4) is 0 Å². The van der Waals surface area contributed by atoms with Crippen molar-refractivity contribution in [3.63, 3.8) is 0 Å². The van der Waals surface area contributed by atoms with Crippen LogP contribution in [-0.2, 0) is 13.0 Å². The molecule has 3 aromatic heterocycles. The van der Waals surface area contributed by atoms with Crippen LogP contribution in [0, 0.1) is 5.41 Å².